The molecule has 2 heterocycles. The highest BCUT2D eigenvalue weighted by atomic mass is 16.5. The van der Waals surface area contributed by atoms with Gasteiger partial charge in [-0.05, 0) is 48.7 Å². The van der Waals surface area contributed by atoms with Crippen LogP contribution in [0.2, 0.25) is 0 Å². The van der Waals surface area contributed by atoms with Gasteiger partial charge in [0.25, 0.3) is 0 Å². The topological polar surface area (TPSA) is 34.5 Å². The lowest BCUT2D eigenvalue weighted by molar-refractivity contribution is 0.320. The molecule has 2 aromatic carbocycles. The highest BCUT2D eigenvalue weighted by Gasteiger charge is 2.21. The van der Waals surface area contributed by atoms with Crippen molar-refractivity contribution in [2.24, 2.45) is 4.99 Å². The summed E-state index contributed by atoms with van der Waals surface area (Å²) < 4.78 is 5.79. The van der Waals surface area contributed by atoms with Gasteiger partial charge >= 0.3 is 0 Å². The van der Waals surface area contributed by atoms with Crippen LogP contribution in [0.1, 0.15) is 56.1 Å². The minimum atomic E-state index is 0.0575. The smallest absolute Gasteiger partial charge is 0.216 e. The Hall–Kier alpha value is -2.94. The van der Waals surface area contributed by atoms with Gasteiger partial charge in [-0.1, -0.05) is 70.2 Å². The molecule has 0 bridgehead atoms. The molecule has 0 N–H and O–H groups in total. The zero-order chi connectivity index (χ0) is 21.2. The van der Waals surface area contributed by atoms with Crippen molar-refractivity contribution in [3.05, 3.63) is 89.2 Å². The van der Waals surface area contributed by atoms with Gasteiger partial charge in [-0.2, -0.15) is 0 Å². The molecule has 1 aromatic heterocycles. The molecule has 1 aliphatic rings. The Labute approximate surface area is 175 Å². The van der Waals surface area contributed by atoms with Crippen molar-refractivity contribution in [3.63, 3.8) is 0 Å². The van der Waals surface area contributed by atoms with Gasteiger partial charge in [-0.15, -0.1) is 0 Å². The summed E-state index contributed by atoms with van der Waals surface area (Å²) in [6.45, 7) is 12.7. The number of ether oxygens (including phenoxy) is 1. The summed E-state index contributed by atoms with van der Waals surface area (Å²) in [5.41, 5.74) is 6.81. The van der Waals surface area contributed by atoms with Crippen molar-refractivity contribution < 1.29 is 4.74 Å². The molecule has 1 atom stereocenters. The maximum atomic E-state index is 5.79. The Balaban J connectivity index is 0.000000707. The molecule has 0 amide bonds. The van der Waals surface area contributed by atoms with Crippen LogP contribution in [-0.4, -0.2) is 17.5 Å². The van der Waals surface area contributed by atoms with E-state index in [-0.39, 0.29) is 6.04 Å². The van der Waals surface area contributed by atoms with Crippen molar-refractivity contribution in [2.75, 3.05) is 6.61 Å². The lowest BCUT2D eigenvalue weighted by atomic mass is 10.0. The molecule has 0 fully saturated rings. The number of aliphatic imine (C=N–C) groups is 1. The fourth-order valence-corrected chi connectivity index (χ4v) is 2.98. The SMILES string of the molecule is CC.CC.Cc1cc(-c2ccc(C3COC(c4ccccc4)=N3)cc2)cnc1C. The van der Waals surface area contributed by atoms with Gasteiger partial charge in [0.15, 0.2) is 0 Å². The van der Waals surface area contributed by atoms with Crippen LogP contribution in [0.25, 0.3) is 11.1 Å². The molecule has 0 saturated heterocycles. The second-order valence-corrected chi connectivity index (χ2v) is 6.38. The van der Waals surface area contributed by atoms with E-state index in [0.717, 1.165) is 22.7 Å². The first-order valence-electron chi connectivity index (χ1n) is 10.5. The highest BCUT2D eigenvalue weighted by Crippen LogP contribution is 2.28. The van der Waals surface area contributed by atoms with Gasteiger partial charge in [0, 0.05) is 23.0 Å². The molecule has 3 heteroatoms. The zero-order valence-electron chi connectivity index (χ0n) is 18.4. The Bertz CT molecular complexity index is 915. The first-order valence-corrected chi connectivity index (χ1v) is 10.5. The Morgan fingerprint density at radius 3 is 2.07 bits per heavy atom. The molecule has 0 saturated carbocycles. The predicted octanol–water partition coefficient (Wildman–Crippen LogP) is 6.94. The average molecular weight is 389 g/mol. The Kier molecular flexibility index (Phi) is 8.60. The second-order valence-electron chi connectivity index (χ2n) is 6.38. The molecule has 1 unspecified atom stereocenters. The van der Waals surface area contributed by atoms with Crippen LogP contribution in [-0.2, 0) is 4.74 Å². The van der Waals surface area contributed by atoms with Crippen molar-refractivity contribution in [1.82, 2.24) is 4.98 Å². The first-order chi connectivity index (χ1) is 14.2. The largest absolute Gasteiger partial charge is 0.475 e. The summed E-state index contributed by atoms with van der Waals surface area (Å²) in [6, 6.07) is 20.8. The molecule has 29 heavy (non-hydrogen) atoms. The number of hydrogen-bond acceptors (Lipinski definition) is 3. The molecule has 1 aliphatic heterocycles. The summed E-state index contributed by atoms with van der Waals surface area (Å²) in [4.78, 5) is 9.20. The van der Waals surface area contributed by atoms with Crippen LogP contribution in [0.15, 0.2) is 71.9 Å². The molecule has 4 rings (SSSR count). The van der Waals surface area contributed by atoms with Crippen molar-refractivity contribution in [3.8, 4) is 11.1 Å². The van der Waals surface area contributed by atoms with E-state index in [4.69, 9.17) is 9.73 Å². The van der Waals surface area contributed by atoms with E-state index in [0.29, 0.717) is 6.61 Å². The number of hydrogen-bond donors (Lipinski definition) is 0. The van der Waals surface area contributed by atoms with Crippen molar-refractivity contribution in [1.29, 1.82) is 0 Å². The lowest BCUT2D eigenvalue weighted by Crippen LogP contribution is -2.00. The van der Waals surface area contributed by atoms with Crippen molar-refractivity contribution >= 4 is 5.90 Å². The first kappa shape index (κ1) is 22.4. The fourth-order valence-electron chi connectivity index (χ4n) is 2.98. The standard InChI is InChI=1S/C22H20N2O.2C2H6/c1-15-12-20(13-23-16(15)2)17-8-10-18(11-9-17)21-14-25-22(24-21)19-6-4-3-5-7-19;2*1-2/h3-13,21H,14H2,1-2H3;2*1-2H3. The maximum Gasteiger partial charge on any atom is 0.216 e. The minimum absolute atomic E-state index is 0.0575. The molecular weight excluding hydrogens is 356 g/mol. The van der Waals surface area contributed by atoms with E-state index in [1.165, 1.54) is 16.7 Å². The average Bonchev–Trinajstić information content (AvgIpc) is 3.30. The van der Waals surface area contributed by atoms with E-state index in [1.807, 2.05) is 71.1 Å². The summed E-state index contributed by atoms with van der Waals surface area (Å²) in [6.07, 6.45) is 1.93. The van der Waals surface area contributed by atoms with Crippen LogP contribution in [0, 0.1) is 13.8 Å². The number of rotatable bonds is 3. The fraction of sp³-hybridized carbons (Fsp3) is 0.308. The minimum Gasteiger partial charge on any atom is -0.475 e. The van der Waals surface area contributed by atoms with Gasteiger partial charge in [0.05, 0.1) is 0 Å². The summed E-state index contributed by atoms with van der Waals surface area (Å²) in [5, 5.41) is 0. The summed E-state index contributed by atoms with van der Waals surface area (Å²) in [7, 11) is 0. The second kappa shape index (κ2) is 11.2. The number of aromatic nitrogens is 1. The van der Waals surface area contributed by atoms with E-state index in [1.54, 1.807) is 0 Å². The maximum absolute atomic E-state index is 5.79. The number of pyridine rings is 1. The van der Waals surface area contributed by atoms with Crippen LogP contribution in [0.5, 0.6) is 0 Å². The van der Waals surface area contributed by atoms with Gasteiger partial charge in [0.2, 0.25) is 5.90 Å². The van der Waals surface area contributed by atoms with E-state index < -0.39 is 0 Å². The molecule has 3 nitrogen and oxygen atoms in total. The van der Waals surface area contributed by atoms with Crippen LogP contribution in [0.4, 0.5) is 0 Å². The quantitative estimate of drug-likeness (QED) is 0.487. The third-order valence-electron chi connectivity index (χ3n) is 4.64. The zero-order valence-corrected chi connectivity index (χ0v) is 18.4. The molecule has 3 aromatic rings. The third kappa shape index (κ3) is 5.54. The normalized spacial score (nSPS) is 14.6. The molecule has 152 valence electrons. The van der Waals surface area contributed by atoms with Gasteiger partial charge in [-0.25, -0.2) is 4.99 Å². The predicted molar refractivity (Wildman–Crippen MR) is 124 cm³/mol. The van der Waals surface area contributed by atoms with Gasteiger partial charge in [0.1, 0.15) is 12.6 Å². The van der Waals surface area contributed by atoms with Crippen LogP contribution < -0.4 is 0 Å². The summed E-state index contributed by atoms with van der Waals surface area (Å²) >= 11 is 0. The van der Waals surface area contributed by atoms with E-state index >= 15 is 0 Å². The number of benzene rings is 2. The lowest BCUT2D eigenvalue weighted by Gasteiger charge is -2.08. The van der Waals surface area contributed by atoms with E-state index in [2.05, 4.69) is 42.2 Å². The third-order valence-corrected chi connectivity index (χ3v) is 4.64. The monoisotopic (exact) mass is 388 g/mol. The van der Waals surface area contributed by atoms with E-state index in [9.17, 15) is 0 Å². The summed E-state index contributed by atoms with van der Waals surface area (Å²) in [5.74, 6) is 0.730. The Morgan fingerprint density at radius 2 is 1.45 bits per heavy atom. The Morgan fingerprint density at radius 1 is 0.793 bits per heavy atom. The van der Waals surface area contributed by atoms with Crippen LogP contribution in [0.3, 0.4) is 0 Å². The highest BCUT2D eigenvalue weighted by molar-refractivity contribution is 5.95. The van der Waals surface area contributed by atoms with Gasteiger partial charge in [-0.3, -0.25) is 4.98 Å². The number of nitrogens with zero attached hydrogens (tertiary/aromatic N) is 2. The number of aryl methyl sites for hydroxylation is 2. The molecule has 0 radical (unpaired) electrons. The molecule has 0 spiro atoms. The van der Waals surface area contributed by atoms with Crippen molar-refractivity contribution in [2.45, 2.75) is 47.6 Å². The molecule has 0 aliphatic carbocycles. The molecular formula is C26H32N2O. The van der Waals surface area contributed by atoms with Gasteiger partial charge < -0.3 is 4.74 Å². The van der Waals surface area contributed by atoms with Crippen LogP contribution >= 0.6 is 0 Å².